The second-order valence-electron chi connectivity index (χ2n) is 6.94. The number of hydrogen-bond donors (Lipinski definition) is 1. The first-order valence-corrected chi connectivity index (χ1v) is 10.6. The number of allylic oxidation sites excluding steroid dienone is 2. The highest BCUT2D eigenvalue weighted by Gasteiger charge is 1.94. The van der Waals surface area contributed by atoms with E-state index in [0.717, 1.165) is 12.5 Å². The molecule has 0 aliphatic heterocycles. The summed E-state index contributed by atoms with van der Waals surface area (Å²) >= 11 is 0. The van der Waals surface area contributed by atoms with Crippen LogP contribution < -0.4 is 5.32 Å². The minimum atomic E-state index is 0.746. The lowest BCUT2D eigenvalue weighted by atomic mass is 10.1. The average molecular weight is 346 g/mol. The minimum Gasteiger partial charge on any atom is -0.354 e. The van der Waals surface area contributed by atoms with Crippen LogP contribution in [-0.2, 0) is 0 Å². The molecule has 0 aliphatic rings. The molecule has 142 valence electrons. The molecule has 1 N–H and O–H groups in total. The first kappa shape index (κ1) is 21.7. The van der Waals surface area contributed by atoms with Crippen molar-refractivity contribution >= 4 is 5.95 Å². The molecule has 0 saturated carbocycles. The van der Waals surface area contributed by atoms with Gasteiger partial charge in [-0.3, -0.25) is 0 Å². The molecular formula is C22H39N3. The van der Waals surface area contributed by atoms with E-state index in [1.165, 1.54) is 89.9 Å². The van der Waals surface area contributed by atoms with Crippen molar-refractivity contribution in [2.75, 3.05) is 11.9 Å². The van der Waals surface area contributed by atoms with Crippen LogP contribution in [0, 0.1) is 0 Å². The van der Waals surface area contributed by atoms with Gasteiger partial charge in [0.1, 0.15) is 0 Å². The van der Waals surface area contributed by atoms with Gasteiger partial charge in [-0.2, -0.15) is 0 Å². The highest BCUT2D eigenvalue weighted by molar-refractivity contribution is 5.21. The van der Waals surface area contributed by atoms with Gasteiger partial charge in [0.2, 0.25) is 5.95 Å². The highest BCUT2D eigenvalue weighted by atomic mass is 15.1. The van der Waals surface area contributed by atoms with Crippen LogP contribution in [0.3, 0.4) is 0 Å². The number of hydrogen-bond acceptors (Lipinski definition) is 3. The second kappa shape index (κ2) is 17.4. The van der Waals surface area contributed by atoms with Crippen LogP contribution in [-0.4, -0.2) is 16.5 Å². The highest BCUT2D eigenvalue weighted by Crippen LogP contribution is 2.10. The minimum absolute atomic E-state index is 0.746. The monoisotopic (exact) mass is 345 g/mol. The van der Waals surface area contributed by atoms with E-state index in [-0.39, 0.29) is 0 Å². The van der Waals surface area contributed by atoms with Crippen LogP contribution in [0.25, 0.3) is 0 Å². The Morgan fingerprint density at radius 3 is 1.84 bits per heavy atom. The fourth-order valence-electron chi connectivity index (χ4n) is 2.96. The van der Waals surface area contributed by atoms with Gasteiger partial charge in [0.05, 0.1) is 0 Å². The molecule has 1 heterocycles. The van der Waals surface area contributed by atoms with E-state index in [1.807, 2.05) is 6.07 Å². The Balaban J connectivity index is 1.75. The molecule has 3 nitrogen and oxygen atoms in total. The first-order chi connectivity index (χ1) is 12.4. The lowest BCUT2D eigenvalue weighted by Crippen LogP contribution is -2.04. The maximum Gasteiger partial charge on any atom is 0.222 e. The zero-order valence-corrected chi connectivity index (χ0v) is 16.4. The molecule has 0 fully saturated rings. The maximum absolute atomic E-state index is 4.16. The van der Waals surface area contributed by atoms with E-state index in [1.54, 1.807) is 12.4 Å². The molecule has 0 aromatic carbocycles. The Morgan fingerprint density at radius 2 is 1.24 bits per heavy atom. The predicted octanol–water partition coefficient (Wildman–Crippen LogP) is 6.93. The lowest BCUT2D eigenvalue weighted by molar-refractivity contribution is 0.602. The first-order valence-electron chi connectivity index (χ1n) is 10.6. The van der Waals surface area contributed by atoms with Crippen LogP contribution >= 0.6 is 0 Å². The number of nitrogens with zero attached hydrogens (tertiary/aromatic N) is 2. The van der Waals surface area contributed by atoms with Crippen LogP contribution in [0.5, 0.6) is 0 Å². The van der Waals surface area contributed by atoms with E-state index in [4.69, 9.17) is 0 Å². The molecule has 1 aromatic rings. The maximum atomic E-state index is 4.16. The van der Waals surface area contributed by atoms with Gasteiger partial charge in [-0.1, -0.05) is 76.9 Å². The van der Waals surface area contributed by atoms with E-state index in [0.29, 0.717) is 0 Å². The van der Waals surface area contributed by atoms with E-state index in [9.17, 15) is 0 Å². The lowest BCUT2D eigenvalue weighted by Gasteiger charge is -2.04. The molecule has 25 heavy (non-hydrogen) atoms. The number of nitrogens with one attached hydrogen (secondary N) is 1. The fraction of sp³-hybridized carbons (Fsp3) is 0.727. The van der Waals surface area contributed by atoms with Gasteiger partial charge in [0.15, 0.2) is 0 Å². The Morgan fingerprint density at radius 1 is 0.720 bits per heavy atom. The Hall–Kier alpha value is -1.38. The van der Waals surface area contributed by atoms with Crippen LogP contribution in [0.4, 0.5) is 5.95 Å². The summed E-state index contributed by atoms with van der Waals surface area (Å²) in [6.07, 6.45) is 27.2. The van der Waals surface area contributed by atoms with Crippen LogP contribution in [0.15, 0.2) is 30.6 Å². The number of anilines is 1. The van der Waals surface area contributed by atoms with Crippen LogP contribution in [0.2, 0.25) is 0 Å². The van der Waals surface area contributed by atoms with Crippen molar-refractivity contribution in [3.05, 3.63) is 30.6 Å². The molecule has 0 atom stereocenters. The Kier molecular flexibility index (Phi) is 15.1. The molecule has 0 aliphatic carbocycles. The molecule has 1 rings (SSSR count). The van der Waals surface area contributed by atoms with Gasteiger partial charge < -0.3 is 5.32 Å². The summed E-state index contributed by atoms with van der Waals surface area (Å²) in [5.74, 6) is 0.746. The van der Waals surface area contributed by atoms with Gasteiger partial charge in [0, 0.05) is 18.9 Å². The zero-order valence-electron chi connectivity index (χ0n) is 16.4. The van der Waals surface area contributed by atoms with Crippen molar-refractivity contribution in [2.24, 2.45) is 0 Å². The fourth-order valence-corrected chi connectivity index (χ4v) is 2.96. The summed E-state index contributed by atoms with van der Waals surface area (Å²) in [6.45, 7) is 3.26. The summed E-state index contributed by atoms with van der Waals surface area (Å²) in [5.41, 5.74) is 0. The molecule has 0 unspecified atom stereocenters. The quantitative estimate of drug-likeness (QED) is 0.246. The van der Waals surface area contributed by atoms with Gasteiger partial charge in [-0.05, 0) is 38.2 Å². The van der Waals surface area contributed by atoms with E-state index in [2.05, 4.69) is 34.4 Å². The average Bonchev–Trinajstić information content (AvgIpc) is 2.65. The third-order valence-corrected chi connectivity index (χ3v) is 4.54. The SMILES string of the molecule is CCCCCCCCC=CCCCCCCCCNc1ncccn1. The summed E-state index contributed by atoms with van der Waals surface area (Å²) in [7, 11) is 0. The van der Waals surface area contributed by atoms with Gasteiger partial charge in [0.25, 0.3) is 0 Å². The molecule has 3 heteroatoms. The number of aromatic nitrogens is 2. The summed E-state index contributed by atoms with van der Waals surface area (Å²) in [5, 5.41) is 3.26. The topological polar surface area (TPSA) is 37.8 Å². The van der Waals surface area contributed by atoms with Crippen LogP contribution in [0.1, 0.15) is 96.8 Å². The smallest absolute Gasteiger partial charge is 0.222 e. The van der Waals surface area contributed by atoms with E-state index >= 15 is 0 Å². The van der Waals surface area contributed by atoms with Gasteiger partial charge >= 0.3 is 0 Å². The Labute approximate surface area is 155 Å². The van der Waals surface area contributed by atoms with Crippen molar-refractivity contribution in [1.29, 1.82) is 0 Å². The van der Waals surface area contributed by atoms with Crippen molar-refractivity contribution in [3.8, 4) is 0 Å². The second-order valence-corrected chi connectivity index (χ2v) is 6.94. The third kappa shape index (κ3) is 14.7. The standard InChI is InChI=1S/C22H39N3/c1-2-3-4-5-6-7-8-9-10-11-12-13-14-15-16-17-19-23-22-24-20-18-21-25-22/h9-10,18,20-21H,2-8,11-17,19H2,1H3,(H,23,24,25). The summed E-state index contributed by atoms with van der Waals surface area (Å²) in [4.78, 5) is 8.32. The zero-order chi connectivity index (χ0) is 17.8. The predicted molar refractivity (Wildman–Crippen MR) is 110 cm³/mol. The normalized spacial score (nSPS) is 11.2. The van der Waals surface area contributed by atoms with Crippen molar-refractivity contribution in [3.63, 3.8) is 0 Å². The Bertz CT molecular complexity index is 403. The third-order valence-electron chi connectivity index (χ3n) is 4.54. The molecule has 1 aromatic heterocycles. The van der Waals surface area contributed by atoms with Crippen molar-refractivity contribution < 1.29 is 0 Å². The van der Waals surface area contributed by atoms with Gasteiger partial charge in [-0.15, -0.1) is 0 Å². The molecule has 0 radical (unpaired) electrons. The van der Waals surface area contributed by atoms with Crippen molar-refractivity contribution in [1.82, 2.24) is 9.97 Å². The molecule has 0 amide bonds. The van der Waals surface area contributed by atoms with Gasteiger partial charge in [-0.25, -0.2) is 9.97 Å². The molecular weight excluding hydrogens is 306 g/mol. The summed E-state index contributed by atoms with van der Waals surface area (Å²) in [6, 6.07) is 1.84. The molecule has 0 saturated heterocycles. The van der Waals surface area contributed by atoms with Crippen molar-refractivity contribution in [2.45, 2.75) is 96.8 Å². The summed E-state index contributed by atoms with van der Waals surface area (Å²) < 4.78 is 0. The van der Waals surface area contributed by atoms with E-state index < -0.39 is 0 Å². The number of unbranched alkanes of at least 4 members (excludes halogenated alkanes) is 12. The molecule has 0 spiro atoms. The number of rotatable bonds is 17. The largest absolute Gasteiger partial charge is 0.354 e. The molecule has 0 bridgehead atoms.